The summed E-state index contributed by atoms with van der Waals surface area (Å²) in [5.41, 5.74) is 0.241. The fourth-order valence-electron chi connectivity index (χ4n) is 5.00. The lowest BCUT2D eigenvalue weighted by Gasteiger charge is -2.31. The van der Waals surface area contributed by atoms with Crippen LogP contribution in [0.4, 0.5) is 0 Å². The van der Waals surface area contributed by atoms with E-state index in [0.29, 0.717) is 37.1 Å². The van der Waals surface area contributed by atoms with Gasteiger partial charge in [0.05, 0.1) is 11.6 Å². The Morgan fingerprint density at radius 1 is 0.702 bits per heavy atom. The Balaban J connectivity index is 3.05. The summed E-state index contributed by atoms with van der Waals surface area (Å²) < 4.78 is 0.569. The summed E-state index contributed by atoms with van der Waals surface area (Å²) in [6.07, 6.45) is 4.25. The van der Waals surface area contributed by atoms with E-state index in [9.17, 15) is 29.2 Å². The summed E-state index contributed by atoms with van der Waals surface area (Å²) >= 11 is 0. The van der Waals surface area contributed by atoms with Crippen LogP contribution < -0.4 is 36.6 Å². The van der Waals surface area contributed by atoms with Gasteiger partial charge in [0, 0.05) is 31.3 Å². The SMILES string of the molecule is CCNC(=O)[C@@H](NC(=O)[C@H](C)NC[C@H](CC(C)C)NC(=O)[C@@H](NC(=O)[C@@H](NC(=O)c1cc[n+]([O-])cc1)[C@@H](C)CC)[C@@H](C)CC)C(C)C. The number of nitrogens with zero attached hydrogens (tertiary/aromatic N) is 1. The quantitative estimate of drug-likeness (QED) is 0.0909. The van der Waals surface area contributed by atoms with Crippen LogP contribution >= 0.6 is 0 Å². The number of carbonyl (C=O) groups excluding carboxylic acids is 5. The van der Waals surface area contributed by atoms with Crippen molar-refractivity contribution < 1.29 is 28.7 Å². The average molecular weight is 662 g/mol. The van der Waals surface area contributed by atoms with Gasteiger partial charge in [-0.1, -0.05) is 68.2 Å². The van der Waals surface area contributed by atoms with E-state index in [4.69, 9.17) is 0 Å². The minimum absolute atomic E-state index is 0.101. The number of amides is 5. The van der Waals surface area contributed by atoms with E-state index in [-0.39, 0.29) is 53.0 Å². The smallest absolute Gasteiger partial charge is 0.252 e. The molecule has 1 rings (SSSR count). The summed E-state index contributed by atoms with van der Waals surface area (Å²) in [5, 5.41) is 28.9. The molecule has 1 aromatic heterocycles. The number of pyridine rings is 1. The maximum absolute atomic E-state index is 13.7. The molecular formula is C34H59N7O6. The second-order valence-electron chi connectivity index (χ2n) is 13.2. The molecule has 266 valence electrons. The lowest BCUT2D eigenvalue weighted by molar-refractivity contribution is -0.605. The zero-order chi connectivity index (χ0) is 35.8. The fourth-order valence-corrected chi connectivity index (χ4v) is 5.00. The van der Waals surface area contributed by atoms with Crippen LogP contribution in [0.1, 0.15) is 98.9 Å². The molecule has 0 aliphatic heterocycles. The van der Waals surface area contributed by atoms with E-state index in [1.54, 1.807) is 6.92 Å². The Morgan fingerprint density at radius 3 is 1.70 bits per heavy atom. The van der Waals surface area contributed by atoms with Crippen molar-refractivity contribution in [2.24, 2.45) is 23.7 Å². The van der Waals surface area contributed by atoms with Crippen LogP contribution in [-0.2, 0) is 19.2 Å². The number of aromatic nitrogens is 1. The molecule has 0 saturated heterocycles. The van der Waals surface area contributed by atoms with Crippen molar-refractivity contribution in [2.75, 3.05) is 13.1 Å². The Kier molecular flexibility index (Phi) is 18.0. The number of hydrogen-bond acceptors (Lipinski definition) is 7. The van der Waals surface area contributed by atoms with Crippen LogP contribution in [0, 0.1) is 28.9 Å². The standard InChI is InChI=1S/C34H59N7O6/c1-11-22(8)28(40-34(46)29(23(9)12-2)39-31(43)25-14-16-41(47)17-15-25)33(45)37-26(18-20(4)5)19-36-24(10)30(42)38-27(21(6)7)32(44)35-13-3/h14-17,20-24,26-29,36H,11-13,18-19H2,1-10H3,(H,35,44)(H,37,45)(H,38,42)(H,39,43)(H,40,46)/t22-,23-,24-,26-,27-,28-,29-/m0/s1. The van der Waals surface area contributed by atoms with E-state index in [1.165, 1.54) is 24.5 Å². The highest BCUT2D eigenvalue weighted by Gasteiger charge is 2.33. The van der Waals surface area contributed by atoms with Gasteiger partial charge in [-0.25, -0.2) is 0 Å². The molecule has 1 heterocycles. The number of rotatable bonds is 20. The number of hydrogen-bond donors (Lipinski definition) is 6. The Morgan fingerprint density at radius 2 is 1.21 bits per heavy atom. The normalized spacial score (nSPS) is 15.8. The predicted octanol–water partition coefficient (Wildman–Crippen LogP) is 1.78. The van der Waals surface area contributed by atoms with Gasteiger partial charge in [-0.2, -0.15) is 4.73 Å². The predicted molar refractivity (Wildman–Crippen MR) is 182 cm³/mol. The first-order chi connectivity index (χ1) is 22.1. The first kappa shape index (κ1) is 41.3. The second kappa shape index (κ2) is 20.5. The molecule has 0 aliphatic rings. The van der Waals surface area contributed by atoms with Crippen molar-refractivity contribution in [1.82, 2.24) is 31.9 Å². The summed E-state index contributed by atoms with van der Waals surface area (Å²) in [7, 11) is 0. The van der Waals surface area contributed by atoms with Gasteiger partial charge in [0.15, 0.2) is 12.4 Å². The molecule has 0 aromatic carbocycles. The Hall–Kier alpha value is -3.74. The molecule has 5 amide bonds. The van der Waals surface area contributed by atoms with E-state index in [0.717, 1.165) is 0 Å². The van der Waals surface area contributed by atoms with E-state index in [2.05, 4.69) is 31.9 Å². The molecule has 0 bridgehead atoms. The molecule has 47 heavy (non-hydrogen) atoms. The van der Waals surface area contributed by atoms with Gasteiger partial charge in [-0.3, -0.25) is 24.0 Å². The van der Waals surface area contributed by atoms with E-state index in [1.807, 2.05) is 62.3 Å². The molecular weight excluding hydrogens is 602 g/mol. The topological polar surface area (TPSA) is 184 Å². The lowest BCUT2D eigenvalue weighted by Crippen LogP contribution is -2.59. The highest BCUT2D eigenvalue weighted by Crippen LogP contribution is 2.14. The van der Waals surface area contributed by atoms with Crippen LogP contribution in [-0.4, -0.2) is 72.8 Å². The van der Waals surface area contributed by atoms with Crippen LogP contribution in [0.5, 0.6) is 0 Å². The Labute approximate surface area is 280 Å². The third kappa shape index (κ3) is 13.9. The summed E-state index contributed by atoms with van der Waals surface area (Å²) in [6, 6.07) is -0.674. The van der Waals surface area contributed by atoms with E-state index >= 15 is 0 Å². The van der Waals surface area contributed by atoms with Crippen molar-refractivity contribution in [3.63, 3.8) is 0 Å². The minimum Gasteiger partial charge on any atom is -0.619 e. The lowest BCUT2D eigenvalue weighted by atomic mass is 9.94. The maximum atomic E-state index is 13.7. The van der Waals surface area contributed by atoms with Crippen LogP contribution in [0.15, 0.2) is 24.5 Å². The molecule has 0 radical (unpaired) electrons. The molecule has 0 saturated carbocycles. The summed E-state index contributed by atoms with van der Waals surface area (Å²) in [4.78, 5) is 65.7. The molecule has 6 N–H and O–H groups in total. The van der Waals surface area contributed by atoms with Gasteiger partial charge in [0.2, 0.25) is 23.6 Å². The van der Waals surface area contributed by atoms with Gasteiger partial charge in [0.1, 0.15) is 18.1 Å². The van der Waals surface area contributed by atoms with Gasteiger partial charge in [0.25, 0.3) is 5.91 Å². The minimum atomic E-state index is -0.909. The molecule has 13 nitrogen and oxygen atoms in total. The zero-order valence-corrected chi connectivity index (χ0v) is 29.9. The molecule has 0 spiro atoms. The third-order valence-corrected chi connectivity index (χ3v) is 8.40. The molecule has 7 atom stereocenters. The van der Waals surface area contributed by atoms with Crippen molar-refractivity contribution in [2.45, 2.75) is 119 Å². The van der Waals surface area contributed by atoms with Crippen LogP contribution in [0.2, 0.25) is 0 Å². The summed E-state index contributed by atoms with van der Waals surface area (Å²) in [6.45, 7) is 19.6. The van der Waals surface area contributed by atoms with Crippen LogP contribution in [0.25, 0.3) is 0 Å². The van der Waals surface area contributed by atoms with Crippen molar-refractivity contribution in [3.05, 3.63) is 35.3 Å². The van der Waals surface area contributed by atoms with E-state index < -0.39 is 36.0 Å². The highest BCUT2D eigenvalue weighted by atomic mass is 16.5. The second-order valence-corrected chi connectivity index (χ2v) is 13.2. The van der Waals surface area contributed by atoms with Crippen molar-refractivity contribution >= 4 is 29.5 Å². The maximum Gasteiger partial charge on any atom is 0.252 e. The number of carbonyl (C=O) groups is 5. The molecule has 13 heteroatoms. The van der Waals surface area contributed by atoms with Gasteiger partial charge < -0.3 is 37.1 Å². The number of likely N-dealkylation sites (N-methyl/N-ethyl adjacent to an activating group) is 1. The van der Waals surface area contributed by atoms with Gasteiger partial charge in [-0.05, 0) is 43.9 Å². The van der Waals surface area contributed by atoms with Crippen LogP contribution in [0.3, 0.4) is 0 Å². The third-order valence-electron chi connectivity index (χ3n) is 8.40. The molecule has 0 aliphatic carbocycles. The van der Waals surface area contributed by atoms with Crippen molar-refractivity contribution in [1.29, 1.82) is 0 Å². The molecule has 1 aromatic rings. The Bertz CT molecular complexity index is 1160. The number of nitrogens with one attached hydrogen (secondary N) is 6. The zero-order valence-electron chi connectivity index (χ0n) is 29.9. The summed E-state index contributed by atoms with van der Waals surface area (Å²) in [5.74, 6) is -2.21. The monoisotopic (exact) mass is 661 g/mol. The first-order valence-electron chi connectivity index (χ1n) is 17.0. The average Bonchev–Trinajstić information content (AvgIpc) is 3.02. The van der Waals surface area contributed by atoms with Gasteiger partial charge >= 0.3 is 0 Å². The van der Waals surface area contributed by atoms with Crippen molar-refractivity contribution in [3.8, 4) is 0 Å². The molecule has 0 fully saturated rings. The fraction of sp³-hybridized carbons (Fsp3) is 0.706. The highest BCUT2D eigenvalue weighted by molar-refractivity contribution is 5.98. The first-order valence-corrected chi connectivity index (χ1v) is 17.0. The largest absolute Gasteiger partial charge is 0.619 e. The van der Waals surface area contributed by atoms with Gasteiger partial charge in [-0.15, -0.1) is 0 Å². The molecule has 0 unspecified atom stereocenters.